The van der Waals surface area contributed by atoms with E-state index in [1.54, 1.807) is 0 Å². The van der Waals surface area contributed by atoms with Crippen molar-refractivity contribution < 1.29 is 0 Å². The fourth-order valence-electron chi connectivity index (χ4n) is 7.72. The Balaban J connectivity index is 1.33. The zero-order valence-corrected chi connectivity index (χ0v) is 25.5. The number of benzene rings is 7. The van der Waals surface area contributed by atoms with Crippen molar-refractivity contribution in [3.8, 4) is 22.3 Å². The average molecular weight is 594 g/mol. The van der Waals surface area contributed by atoms with E-state index in [1.165, 1.54) is 69.6 Å². The number of rotatable bonds is 4. The highest BCUT2D eigenvalue weighted by Gasteiger charge is 2.18. The Hall–Kier alpha value is -6.36. The summed E-state index contributed by atoms with van der Waals surface area (Å²) < 4.78 is 0. The highest BCUT2D eigenvalue weighted by atomic mass is 15.1. The second-order valence-electron chi connectivity index (χ2n) is 12.3. The van der Waals surface area contributed by atoms with Gasteiger partial charge in [0.2, 0.25) is 0 Å². The second-order valence-corrected chi connectivity index (χ2v) is 12.3. The maximum absolute atomic E-state index is 3.72. The molecule has 216 valence electrons. The fourth-order valence-corrected chi connectivity index (χ4v) is 7.72. The lowest BCUT2D eigenvalue weighted by atomic mass is 10.0. The summed E-state index contributed by atoms with van der Waals surface area (Å²) in [5, 5.41) is 12.2. The first-order chi connectivity index (χ1) is 23.3. The second kappa shape index (κ2) is 10.1. The summed E-state index contributed by atoms with van der Waals surface area (Å²) in [6.45, 7) is 0. The smallest absolute Gasteiger partial charge is 0.0980 e. The van der Waals surface area contributed by atoms with Crippen molar-refractivity contribution in [2.75, 3.05) is 4.90 Å². The molecule has 2 aliphatic carbocycles. The minimum Gasteiger partial charge on any atom is -0.303 e. The number of hydrogen-bond acceptors (Lipinski definition) is 1. The maximum atomic E-state index is 3.72. The molecule has 0 radical (unpaired) electrons. The minimum atomic E-state index is 0.957. The highest BCUT2D eigenvalue weighted by molar-refractivity contribution is 5.98. The van der Waals surface area contributed by atoms with Gasteiger partial charge in [0.1, 0.15) is 0 Å². The predicted molar refractivity (Wildman–Crippen MR) is 191 cm³/mol. The highest BCUT2D eigenvalue weighted by Crippen LogP contribution is 2.39. The molecule has 10 rings (SSSR count). The topological polar surface area (TPSA) is 3.24 Å². The Morgan fingerprint density at radius 2 is 1.02 bits per heavy atom. The molecule has 0 fully saturated rings. The molecule has 0 spiro atoms. The first-order valence-corrected chi connectivity index (χ1v) is 16.1. The largest absolute Gasteiger partial charge is 0.303 e. The number of fused-ring (bicyclic) bond motifs is 3. The third kappa shape index (κ3) is 3.86. The van der Waals surface area contributed by atoms with Gasteiger partial charge in [-0.2, -0.15) is 0 Å². The van der Waals surface area contributed by atoms with Crippen molar-refractivity contribution in [2.24, 2.45) is 0 Å². The van der Waals surface area contributed by atoms with Gasteiger partial charge in [0.05, 0.1) is 11.4 Å². The summed E-state index contributed by atoms with van der Waals surface area (Å²) in [7, 11) is 0. The predicted octanol–water partition coefficient (Wildman–Crippen LogP) is 11.0. The van der Waals surface area contributed by atoms with Crippen LogP contribution in [0.25, 0.3) is 33.0 Å². The lowest BCUT2D eigenvalue weighted by molar-refractivity contribution is 1.27. The van der Waals surface area contributed by atoms with Crippen LogP contribution in [0.3, 0.4) is 0 Å². The van der Waals surface area contributed by atoms with E-state index in [-0.39, 0.29) is 0 Å². The van der Waals surface area contributed by atoms with E-state index in [9.17, 15) is 0 Å². The van der Waals surface area contributed by atoms with Crippen LogP contribution < -0.4 is 4.90 Å². The molecular formula is C46H27N. The van der Waals surface area contributed by atoms with E-state index in [0.717, 1.165) is 22.3 Å². The molecule has 1 heteroatoms. The van der Waals surface area contributed by atoms with Crippen LogP contribution in [0.15, 0.2) is 164 Å². The van der Waals surface area contributed by atoms with E-state index >= 15 is 0 Å². The molecule has 0 heterocycles. The van der Waals surface area contributed by atoms with Crippen LogP contribution in [0.5, 0.6) is 0 Å². The lowest BCUT2D eigenvalue weighted by Gasteiger charge is -2.26. The van der Waals surface area contributed by atoms with Gasteiger partial charge in [-0.1, -0.05) is 146 Å². The first-order valence-electron chi connectivity index (χ1n) is 16.1. The molecule has 0 atom stereocenters. The van der Waals surface area contributed by atoms with Crippen molar-refractivity contribution in [1.29, 1.82) is 0 Å². The molecule has 0 saturated carbocycles. The standard InChI is InChI=1S/C46H27N/c1-2-11-30(12-3-1)31-23-25-33(26-24-31)47(44-22-8-14-32-13-4-5-15-35(32)44)34-27-28-37-40-19-10-20-41-42-21-9-18-39(46(42)43(37)29-34)36-16-6-7-17-38(36)45(40)41/h1-26,29H. The van der Waals surface area contributed by atoms with Gasteiger partial charge in [0.25, 0.3) is 0 Å². The van der Waals surface area contributed by atoms with Crippen LogP contribution in [0.1, 0.15) is 0 Å². The molecule has 1 nitrogen and oxygen atoms in total. The van der Waals surface area contributed by atoms with E-state index < -0.39 is 0 Å². The van der Waals surface area contributed by atoms with Crippen LogP contribution in [0.4, 0.5) is 17.1 Å². The Labute approximate surface area is 271 Å². The van der Waals surface area contributed by atoms with E-state index in [4.69, 9.17) is 0 Å². The number of hydrogen-bond donors (Lipinski definition) is 0. The van der Waals surface area contributed by atoms with E-state index in [0.29, 0.717) is 0 Å². The third-order valence-corrected chi connectivity index (χ3v) is 9.79. The van der Waals surface area contributed by atoms with Crippen LogP contribution in [0, 0.1) is 53.9 Å². The Morgan fingerprint density at radius 3 is 1.85 bits per heavy atom. The van der Waals surface area contributed by atoms with Crippen LogP contribution in [-0.4, -0.2) is 0 Å². The molecule has 47 heavy (non-hydrogen) atoms. The van der Waals surface area contributed by atoms with Gasteiger partial charge < -0.3 is 4.90 Å². The third-order valence-electron chi connectivity index (χ3n) is 9.79. The van der Waals surface area contributed by atoms with E-state index in [1.807, 2.05) is 0 Å². The van der Waals surface area contributed by atoms with Gasteiger partial charge in [-0.3, -0.25) is 0 Å². The van der Waals surface area contributed by atoms with Crippen molar-refractivity contribution in [2.45, 2.75) is 0 Å². The summed E-state index contributed by atoms with van der Waals surface area (Å²) in [5.41, 5.74) is 8.08. The zero-order valence-electron chi connectivity index (χ0n) is 25.5. The molecule has 8 aromatic carbocycles. The normalized spacial score (nSPS) is 11.7. The molecule has 0 aromatic heterocycles. The Kier molecular flexibility index (Phi) is 5.56. The molecule has 2 aliphatic rings. The summed E-state index contributed by atoms with van der Waals surface area (Å²) in [5.74, 6) is 0. The van der Waals surface area contributed by atoms with Gasteiger partial charge in [-0.25, -0.2) is 0 Å². The van der Waals surface area contributed by atoms with E-state index in [2.05, 4.69) is 181 Å². The van der Waals surface area contributed by atoms with Gasteiger partial charge >= 0.3 is 0 Å². The minimum absolute atomic E-state index is 0.957. The molecule has 0 aliphatic heterocycles. The Morgan fingerprint density at radius 1 is 0.404 bits per heavy atom. The van der Waals surface area contributed by atoms with Gasteiger partial charge in [-0.15, -0.1) is 0 Å². The van der Waals surface area contributed by atoms with Crippen LogP contribution >= 0.6 is 0 Å². The fraction of sp³-hybridized carbons (Fsp3) is 0. The Bertz CT molecular complexity index is 2940. The summed E-state index contributed by atoms with van der Waals surface area (Å²) in [4.78, 5) is 2.34. The molecule has 0 unspecified atom stereocenters. The first kappa shape index (κ1) is 25.9. The van der Waals surface area contributed by atoms with Crippen molar-refractivity contribution >= 4 is 27.8 Å². The lowest BCUT2D eigenvalue weighted by Crippen LogP contribution is -2.10. The monoisotopic (exact) mass is 593 g/mol. The molecule has 8 aromatic rings. The summed E-state index contributed by atoms with van der Waals surface area (Å²) >= 11 is 0. The van der Waals surface area contributed by atoms with Crippen molar-refractivity contribution in [3.63, 3.8) is 0 Å². The molecule has 0 N–H and O–H groups in total. The van der Waals surface area contributed by atoms with Crippen LogP contribution in [-0.2, 0) is 0 Å². The van der Waals surface area contributed by atoms with Crippen molar-refractivity contribution in [1.82, 2.24) is 0 Å². The van der Waals surface area contributed by atoms with Gasteiger partial charge in [0, 0.05) is 21.5 Å². The number of anilines is 3. The van der Waals surface area contributed by atoms with Gasteiger partial charge in [0.15, 0.2) is 0 Å². The number of nitrogens with zero attached hydrogens (tertiary/aromatic N) is 1. The summed E-state index contributed by atoms with van der Waals surface area (Å²) in [6, 6.07) is 66.7. The molecular weight excluding hydrogens is 567 g/mol. The molecule has 0 amide bonds. The quantitative estimate of drug-likeness (QED) is 0.196. The van der Waals surface area contributed by atoms with Crippen LogP contribution in [0.2, 0.25) is 0 Å². The maximum Gasteiger partial charge on any atom is 0.0980 e. The SMILES string of the molecule is c1c(N(c2ccc(-c3ccccc3)cc2)c2cccc3ccccc23)cc2c(c#1)=c1cccc3c1=c1ccccc1=c1cccc-3c1=2. The summed E-state index contributed by atoms with van der Waals surface area (Å²) in [6.07, 6.45) is 0. The van der Waals surface area contributed by atoms with Gasteiger partial charge in [-0.05, 0) is 89.3 Å². The zero-order chi connectivity index (χ0) is 30.9. The average Bonchev–Trinajstić information content (AvgIpc) is 3.25. The molecule has 6 bridgehead atoms. The van der Waals surface area contributed by atoms with Crippen molar-refractivity contribution in [3.05, 3.63) is 218 Å². The molecule has 0 saturated heterocycles.